The summed E-state index contributed by atoms with van der Waals surface area (Å²) < 4.78 is 49.1. The van der Waals surface area contributed by atoms with Crippen LogP contribution in [-0.4, -0.2) is 27.8 Å². The van der Waals surface area contributed by atoms with Crippen LogP contribution in [0.2, 0.25) is 0 Å². The third-order valence-corrected chi connectivity index (χ3v) is 4.11. The van der Waals surface area contributed by atoms with E-state index in [2.05, 4.69) is 20.3 Å². The molecule has 0 amide bonds. The average molecular weight is 422 g/mol. The van der Waals surface area contributed by atoms with Gasteiger partial charge >= 0.3 is 12.2 Å². The summed E-state index contributed by atoms with van der Waals surface area (Å²) >= 11 is 1.37. The zero-order valence-electron chi connectivity index (χ0n) is 15.5. The number of halogens is 3. The van der Waals surface area contributed by atoms with Crippen molar-refractivity contribution in [1.82, 2.24) is 15.0 Å². The van der Waals surface area contributed by atoms with E-state index in [4.69, 9.17) is 9.47 Å². The minimum atomic E-state index is -4.38. The summed E-state index contributed by atoms with van der Waals surface area (Å²) in [4.78, 5) is 12.6. The van der Waals surface area contributed by atoms with Crippen LogP contribution in [0.4, 0.5) is 19.1 Å². The lowest BCUT2D eigenvalue weighted by Gasteiger charge is -2.10. The van der Waals surface area contributed by atoms with E-state index in [1.165, 1.54) is 23.9 Å². The van der Waals surface area contributed by atoms with E-state index in [1.807, 2.05) is 13.2 Å². The van der Waals surface area contributed by atoms with Crippen LogP contribution in [0.15, 0.2) is 53.7 Å². The minimum Gasteiger partial charge on any atom is -0.457 e. The van der Waals surface area contributed by atoms with Crippen LogP contribution in [0, 0.1) is 0 Å². The Morgan fingerprint density at radius 2 is 1.41 bits per heavy atom. The minimum absolute atomic E-state index is 0.150. The van der Waals surface area contributed by atoms with Crippen LogP contribution in [0.3, 0.4) is 0 Å². The Labute approximate surface area is 169 Å². The van der Waals surface area contributed by atoms with Gasteiger partial charge in [-0.05, 0) is 61.7 Å². The SMILES string of the molecule is CCNc1nc(Oc2ccc(Oc3ccc(C(F)(F)F)cc3)cc2)nc(SC)n1. The van der Waals surface area contributed by atoms with Crippen molar-refractivity contribution in [2.45, 2.75) is 18.3 Å². The van der Waals surface area contributed by atoms with Crippen LogP contribution in [-0.2, 0) is 6.18 Å². The fourth-order valence-electron chi connectivity index (χ4n) is 2.24. The van der Waals surface area contributed by atoms with Crippen molar-refractivity contribution in [1.29, 1.82) is 0 Å². The molecule has 0 aliphatic heterocycles. The number of ether oxygens (including phenoxy) is 2. The number of thioether (sulfide) groups is 1. The monoisotopic (exact) mass is 422 g/mol. The number of hydrogen-bond acceptors (Lipinski definition) is 7. The van der Waals surface area contributed by atoms with Gasteiger partial charge in [-0.1, -0.05) is 11.8 Å². The van der Waals surface area contributed by atoms with Gasteiger partial charge < -0.3 is 14.8 Å². The van der Waals surface area contributed by atoms with Gasteiger partial charge in [-0.15, -0.1) is 0 Å². The summed E-state index contributed by atoms with van der Waals surface area (Å²) in [5.74, 6) is 1.64. The van der Waals surface area contributed by atoms with Gasteiger partial charge in [0.15, 0.2) is 5.16 Å². The lowest BCUT2D eigenvalue weighted by atomic mass is 10.2. The van der Waals surface area contributed by atoms with Gasteiger partial charge in [0, 0.05) is 6.54 Å². The number of aromatic nitrogens is 3. The number of anilines is 1. The van der Waals surface area contributed by atoms with E-state index in [0.717, 1.165) is 12.1 Å². The molecular formula is C19H17F3N4O2S. The maximum Gasteiger partial charge on any atom is 0.416 e. The van der Waals surface area contributed by atoms with Crippen molar-refractivity contribution in [2.75, 3.05) is 18.1 Å². The Hall–Kier alpha value is -3.01. The Balaban J connectivity index is 1.68. The first-order chi connectivity index (χ1) is 13.9. The second-order valence-corrected chi connectivity index (χ2v) is 6.43. The van der Waals surface area contributed by atoms with Crippen LogP contribution < -0.4 is 14.8 Å². The average Bonchev–Trinajstić information content (AvgIpc) is 2.69. The molecule has 6 nitrogen and oxygen atoms in total. The second kappa shape index (κ2) is 8.99. The maximum atomic E-state index is 12.6. The molecule has 1 heterocycles. The largest absolute Gasteiger partial charge is 0.457 e. The third kappa shape index (κ3) is 5.74. The first kappa shape index (κ1) is 20.7. The van der Waals surface area contributed by atoms with Gasteiger partial charge in [0.25, 0.3) is 0 Å². The molecule has 10 heteroatoms. The van der Waals surface area contributed by atoms with E-state index in [1.54, 1.807) is 24.3 Å². The van der Waals surface area contributed by atoms with Crippen molar-refractivity contribution >= 4 is 17.7 Å². The number of alkyl halides is 3. The van der Waals surface area contributed by atoms with Crippen molar-refractivity contribution in [3.05, 3.63) is 54.1 Å². The Morgan fingerprint density at radius 1 is 0.862 bits per heavy atom. The summed E-state index contributed by atoms with van der Waals surface area (Å²) in [6.45, 7) is 2.59. The lowest BCUT2D eigenvalue weighted by molar-refractivity contribution is -0.137. The molecule has 0 fully saturated rings. The highest BCUT2D eigenvalue weighted by Gasteiger charge is 2.30. The zero-order chi connectivity index (χ0) is 20.9. The van der Waals surface area contributed by atoms with Gasteiger partial charge in [0.2, 0.25) is 5.95 Å². The summed E-state index contributed by atoms with van der Waals surface area (Å²) in [6, 6.07) is 11.2. The fourth-order valence-corrected chi connectivity index (χ4v) is 2.59. The predicted octanol–water partition coefficient (Wildman–Crippen LogP) is 5.63. The van der Waals surface area contributed by atoms with Crippen molar-refractivity contribution in [2.24, 2.45) is 0 Å². The van der Waals surface area contributed by atoms with Crippen LogP contribution in [0.25, 0.3) is 0 Å². The Morgan fingerprint density at radius 3 is 1.93 bits per heavy atom. The molecule has 0 aliphatic carbocycles. The van der Waals surface area contributed by atoms with Crippen molar-refractivity contribution in [3.63, 3.8) is 0 Å². The summed E-state index contributed by atoms with van der Waals surface area (Å²) in [7, 11) is 0. The highest BCUT2D eigenvalue weighted by Crippen LogP contribution is 2.32. The molecule has 3 aromatic rings. The van der Waals surface area contributed by atoms with Gasteiger partial charge in [0.1, 0.15) is 17.2 Å². The Bertz CT molecular complexity index is 951. The Kier molecular flexibility index (Phi) is 6.42. The van der Waals surface area contributed by atoms with Crippen LogP contribution in [0.1, 0.15) is 12.5 Å². The molecular weight excluding hydrogens is 405 g/mol. The molecule has 2 aromatic carbocycles. The summed E-state index contributed by atoms with van der Waals surface area (Å²) in [5.41, 5.74) is -0.729. The van der Waals surface area contributed by atoms with E-state index in [0.29, 0.717) is 34.9 Å². The van der Waals surface area contributed by atoms with Crippen molar-refractivity contribution < 1.29 is 22.6 Å². The molecule has 29 heavy (non-hydrogen) atoms. The molecule has 0 saturated carbocycles. The molecule has 0 atom stereocenters. The standard InChI is InChI=1S/C19H17F3N4O2S/c1-3-23-16-24-17(26-18(25-16)29-2)28-15-10-8-14(9-11-15)27-13-6-4-12(5-7-13)19(20,21)22/h4-11H,3H2,1-2H3,(H,23,24,25,26). The topological polar surface area (TPSA) is 69.2 Å². The van der Waals surface area contributed by atoms with E-state index < -0.39 is 11.7 Å². The molecule has 152 valence electrons. The fraction of sp³-hybridized carbons (Fsp3) is 0.211. The van der Waals surface area contributed by atoms with Crippen LogP contribution >= 0.6 is 11.8 Å². The first-order valence-electron chi connectivity index (χ1n) is 8.54. The smallest absolute Gasteiger partial charge is 0.416 e. The molecule has 0 spiro atoms. The molecule has 1 N–H and O–H groups in total. The number of hydrogen-bond donors (Lipinski definition) is 1. The molecule has 0 bridgehead atoms. The highest BCUT2D eigenvalue weighted by atomic mass is 32.2. The highest BCUT2D eigenvalue weighted by molar-refractivity contribution is 7.98. The zero-order valence-corrected chi connectivity index (χ0v) is 16.3. The van der Waals surface area contributed by atoms with E-state index in [9.17, 15) is 13.2 Å². The predicted molar refractivity (Wildman–Crippen MR) is 104 cm³/mol. The van der Waals surface area contributed by atoms with Gasteiger partial charge in [-0.2, -0.15) is 28.1 Å². The number of nitrogens with one attached hydrogen (secondary N) is 1. The van der Waals surface area contributed by atoms with Gasteiger partial charge in [-0.25, -0.2) is 0 Å². The molecule has 0 saturated heterocycles. The number of rotatable bonds is 7. The lowest BCUT2D eigenvalue weighted by Crippen LogP contribution is -2.05. The maximum absolute atomic E-state index is 12.6. The molecule has 3 rings (SSSR count). The molecule has 0 unspecified atom stereocenters. The van der Waals surface area contributed by atoms with Crippen molar-refractivity contribution in [3.8, 4) is 23.3 Å². The third-order valence-electron chi connectivity index (χ3n) is 3.56. The van der Waals surface area contributed by atoms with Gasteiger partial charge in [-0.3, -0.25) is 0 Å². The summed E-state index contributed by atoms with van der Waals surface area (Å²) in [6.07, 6.45) is -2.53. The summed E-state index contributed by atoms with van der Waals surface area (Å²) in [5, 5.41) is 3.53. The first-order valence-corrected chi connectivity index (χ1v) is 9.77. The second-order valence-electron chi connectivity index (χ2n) is 5.66. The van der Waals surface area contributed by atoms with E-state index in [-0.39, 0.29) is 6.01 Å². The number of nitrogens with zero attached hydrogens (tertiary/aromatic N) is 3. The molecule has 1 aromatic heterocycles. The normalized spacial score (nSPS) is 11.2. The number of benzene rings is 2. The van der Waals surface area contributed by atoms with Gasteiger partial charge in [0.05, 0.1) is 5.56 Å². The van der Waals surface area contributed by atoms with E-state index >= 15 is 0 Å². The van der Waals surface area contributed by atoms with Crippen LogP contribution in [0.5, 0.6) is 23.3 Å². The quantitative estimate of drug-likeness (QED) is 0.495. The molecule has 0 aliphatic rings. The molecule has 0 radical (unpaired) electrons.